The number of likely N-dealkylation sites (N-methyl/N-ethyl adjacent to an activating group) is 1. The Hall–Kier alpha value is -1.46. The maximum atomic E-state index is 9.67. The molecule has 0 aliphatic carbocycles. The number of ether oxygens (including phenoxy) is 3. The number of hydrogen-bond acceptors (Lipinski definition) is 5. The Kier molecular flexibility index (Phi) is 6.32. The monoisotopic (exact) mass is 255 g/mol. The van der Waals surface area contributed by atoms with Gasteiger partial charge in [-0.2, -0.15) is 0 Å². The third-order valence-corrected chi connectivity index (χ3v) is 2.43. The summed E-state index contributed by atoms with van der Waals surface area (Å²) < 4.78 is 15.9. The van der Waals surface area contributed by atoms with E-state index < -0.39 is 6.10 Å². The van der Waals surface area contributed by atoms with E-state index in [1.165, 1.54) is 0 Å². The van der Waals surface area contributed by atoms with Crippen LogP contribution in [0.15, 0.2) is 18.2 Å². The molecule has 102 valence electrons. The van der Waals surface area contributed by atoms with Crippen molar-refractivity contribution in [3.05, 3.63) is 18.2 Å². The third-order valence-electron chi connectivity index (χ3n) is 2.43. The molecule has 0 aliphatic heterocycles. The van der Waals surface area contributed by atoms with Crippen molar-refractivity contribution >= 4 is 0 Å². The zero-order valence-electron chi connectivity index (χ0n) is 11.1. The fourth-order valence-corrected chi connectivity index (χ4v) is 1.53. The molecular weight excluding hydrogens is 234 g/mol. The van der Waals surface area contributed by atoms with Crippen LogP contribution in [0.1, 0.15) is 6.92 Å². The lowest BCUT2D eigenvalue weighted by molar-refractivity contribution is 0.105. The molecular formula is C13H21NO4. The molecule has 0 heterocycles. The van der Waals surface area contributed by atoms with Gasteiger partial charge in [0.25, 0.3) is 0 Å². The lowest BCUT2D eigenvalue weighted by Gasteiger charge is -2.16. The Balaban J connectivity index is 2.61. The summed E-state index contributed by atoms with van der Waals surface area (Å²) in [5.41, 5.74) is 0. The predicted molar refractivity (Wildman–Crippen MR) is 69.6 cm³/mol. The van der Waals surface area contributed by atoms with Crippen LogP contribution < -0.4 is 19.5 Å². The molecule has 0 aliphatic rings. The number of para-hydroxylation sites is 1. The molecule has 1 aromatic carbocycles. The summed E-state index contributed by atoms with van der Waals surface area (Å²) in [5, 5.41) is 12.7. The van der Waals surface area contributed by atoms with E-state index in [9.17, 15) is 5.11 Å². The SMILES string of the molecule is CCNCC(O)COc1cccc(OC)c1OC. The highest BCUT2D eigenvalue weighted by Gasteiger charge is 2.12. The number of methoxy groups -OCH3 is 2. The van der Waals surface area contributed by atoms with Crippen LogP contribution in [0.2, 0.25) is 0 Å². The molecule has 0 saturated heterocycles. The van der Waals surface area contributed by atoms with Gasteiger partial charge in [0.2, 0.25) is 5.75 Å². The first kappa shape index (κ1) is 14.6. The quantitative estimate of drug-likeness (QED) is 0.727. The van der Waals surface area contributed by atoms with Crippen LogP contribution in [-0.2, 0) is 0 Å². The summed E-state index contributed by atoms with van der Waals surface area (Å²) >= 11 is 0. The van der Waals surface area contributed by atoms with Crippen LogP contribution in [0.25, 0.3) is 0 Å². The predicted octanol–water partition coefficient (Wildman–Crippen LogP) is 1.05. The number of aliphatic hydroxyl groups is 1. The van der Waals surface area contributed by atoms with Gasteiger partial charge in [0, 0.05) is 6.54 Å². The van der Waals surface area contributed by atoms with Gasteiger partial charge in [0.1, 0.15) is 12.7 Å². The Labute approximate surface area is 108 Å². The number of benzene rings is 1. The minimum absolute atomic E-state index is 0.205. The molecule has 5 heteroatoms. The van der Waals surface area contributed by atoms with E-state index in [0.717, 1.165) is 6.54 Å². The fourth-order valence-electron chi connectivity index (χ4n) is 1.53. The highest BCUT2D eigenvalue weighted by molar-refractivity contribution is 5.50. The molecule has 1 aromatic rings. The summed E-state index contributed by atoms with van der Waals surface area (Å²) in [5.74, 6) is 1.71. The van der Waals surface area contributed by atoms with Crippen molar-refractivity contribution in [3.63, 3.8) is 0 Å². The fraction of sp³-hybridized carbons (Fsp3) is 0.538. The molecule has 18 heavy (non-hydrogen) atoms. The zero-order chi connectivity index (χ0) is 13.4. The van der Waals surface area contributed by atoms with Crippen LogP contribution >= 0.6 is 0 Å². The van der Waals surface area contributed by atoms with E-state index in [1.807, 2.05) is 13.0 Å². The second-order valence-corrected chi connectivity index (χ2v) is 3.76. The van der Waals surface area contributed by atoms with Gasteiger partial charge >= 0.3 is 0 Å². The second kappa shape index (κ2) is 7.79. The lowest BCUT2D eigenvalue weighted by atomic mass is 10.3. The first-order valence-electron chi connectivity index (χ1n) is 5.95. The number of aliphatic hydroxyl groups excluding tert-OH is 1. The van der Waals surface area contributed by atoms with Gasteiger partial charge in [-0.3, -0.25) is 0 Å². The molecule has 1 atom stereocenters. The third kappa shape index (κ3) is 4.09. The average Bonchev–Trinajstić information content (AvgIpc) is 2.41. The van der Waals surface area contributed by atoms with E-state index in [2.05, 4.69) is 5.32 Å². The molecule has 0 spiro atoms. The molecule has 0 saturated carbocycles. The van der Waals surface area contributed by atoms with Gasteiger partial charge in [0.15, 0.2) is 11.5 Å². The molecule has 5 nitrogen and oxygen atoms in total. The molecule has 1 rings (SSSR count). The first-order valence-corrected chi connectivity index (χ1v) is 5.95. The first-order chi connectivity index (χ1) is 8.72. The summed E-state index contributed by atoms with van der Waals surface area (Å²) in [6.07, 6.45) is -0.555. The highest BCUT2D eigenvalue weighted by Crippen LogP contribution is 2.36. The van der Waals surface area contributed by atoms with Gasteiger partial charge < -0.3 is 24.6 Å². The summed E-state index contributed by atoms with van der Waals surface area (Å²) in [6.45, 7) is 3.51. The average molecular weight is 255 g/mol. The van der Waals surface area contributed by atoms with Crippen LogP contribution in [0.3, 0.4) is 0 Å². The maximum Gasteiger partial charge on any atom is 0.203 e. The van der Waals surface area contributed by atoms with E-state index >= 15 is 0 Å². The Morgan fingerprint density at radius 2 is 1.94 bits per heavy atom. The van der Waals surface area contributed by atoms with Crippen molar-refractivity contribution in [1.29, 1.82) is 0 Å². The van der Waals surface area contributed by atoms with Crippen LogP contribution in [0, 0.1) is 0 Å². The standard InChI is InChI=1S/C13H21NO4/c1-4-14-8-10(15)9-18-12-7-5-6-11(16-2)13(12)17-3/h5-7,10,14-15H,4,8-9H2,1-3H3. The minimum Gasteiger partial charge on any atom is -0.493 e. The topological polar surface area (TPSA) is 60.0 Å². The van der Waals surface area contributed by atoms with Crippen molar-refractivity contribution in [2.75, 3.05) is 33.9 Å². The number of nitrogens with one attached hydrogen (secondary N) is 1. The molecule has 0 aromatic heterocycles. The van der Waals surface area contributed by atoms with Gasteiger partial charge in [-0.15, -0.1) is 0 Å². The molecule has 0 bridgehead atoms. The van der Waals surface area contributed by atoms with Crippen molar-refractivity contribution in [3.8, 4) is 17.2 Å². The smallest absolute Gasteiger partial charge is 0.203 e. The zero-order valence-corrected chi connectivity index (χ0v) is 11.1. The normalized spacial score (nSPS) is 12.0. The molecule has 1 unspecified atom stereocenters. The number of hydrogen-bond donors (Lipinski definition) is 2. The van der Waals surface area contributed by atoms with Crippen molar-refractivity contribution in [1.82, 2.24) is 5.32 Å². The van der Waals surface area contributed by atoms with Gasteiger partial charge in [-0.05, 0) is 18.7 Å². The summed E-state index contributed by atoms with van der Waals surface area (Å²) in [6, 6.07) is 5.38. The minimum atomic E-state index is -0.555. The van der Waals surface area contributed by atoms with Crippen molar-refractivity contribution in [2.24, 2.45) is 0 Å². The summed E-state index contributed by atoms with van der Waals surface area (Å²) in [7, 11) is 3.13. The van der Waals surface area contributed by atoms with Crippen molar-refractivity contribution < 1.29 is 19.3 Å². The molecule has 2 N–H and O–H groups in total. The molecule has 0 amide bonds. The Bertz CT molecular complexity index is 357. The lowest BCUT2D eigenvalue weighted by Crippen LogP contribution is -2.31. The van der Waals surface area contributed by atoms with Gasteiger partial charge in [-0.1, -0.05) is 13.0 Å². The Morgan fingerprint density at radius 1 is 1.22 bits per heavy atom. The van der Waals surface area contributed by atoms with Crippen LogP contribution in [0.4, 0.5) is 0 Å². The largest absolute Gasteiger partial charge is 0.493 e. The van der Waals surface area contributed by atoms with E-state index in [-0.39, 0.29) is 6.61 Å². The van der Waals surface area contributed by atoms with Crippen LogP contribution in [0.5, 0.6) is 17.2 Å². The maximum absolute atomic E-state index is 9.67. The van der Waals surface area contributed by atoms with E-state index in [0.29, 0.717) is 23.8 Å². The van der Waals surface area contributed by atoms with Crippen molar-refractivity contribution in [2.45, 2.75) is 13.0 Å². The number of rotatable bonds is 8. The van der Waals surface area contributed by atoms with Gasteiger partial charge in [0.05, 0.1) is 14.2 Å². The summed E-state index contributed by atoms with van der Waals surface area (Å²) in [4.78, 5) is 0. The molecule has 0 radical (unpaired) electrons. The molecule has 0 fully saturated rings. The Morgan fingerprint density at radius 3 is 2.56 bits per heavy atom. The van der Waals surface area contributed by atoms with E-state index in [4.69, 9.17) is 14.2 Å². The van der Waals surface area contributed by atoms with Gasteiger partial charge in [-0.25, -0.2) is 0 Å². The van der Waals surface area contributed by atoms with Crippen LogP contribution in [-0.4, -0.2) is 45.1 Å². The second-order valence-electron chi connectivity index (χ2n) is 3.76. The van der Waals surface area contributed by atoms with E-state index in [1.54, 1.807) is 26.4 Å². The highest BCUT2D eigenvalue weighted by atomic mass is 16.5.